The number of carbonyl (C=O) groups is 1. The van der Waals surface area contributed by atoms with Gasteiger partial charge in [-0.05, 0) is 53.5 Å². The van der Waals surface area contributed by atoms with Crippen molar-refractivity contribution >= 4 is 17.2 Å². The highest BCUT2D eigenvalue weighted by molar-refractivity contribution is 6.01. The summed E-state index contributed by atoms with van der Waals surface area (Å²) in [6, 6.07) is 22.5. The number of para-hydroxylation sites is 3. The normalized spacial score (nSPS) is 19.0. The van der Waals surface area contributed by atoms with Crippen LogP contribution in [0.4, 0.5) is 11.4 Å². The number of ketones is 1. The number of hydrogen-bond donors (Lipinski definition) is 2. The summed E-state index contributed by atoms with van der Waals surface area (Å²) < 4.78 is 11.9. The van der Waals surface area contributed by atoms with Gasteiger partial charge in [-0.2, -0.15) is 0 Å². The van der Waals surface area contributed by atoms with Gasteiger partial charge in [0.2, 0.25) is 0 Å². The van der Waals surface area contributed by atoms with Crippen LogP contribution in [-0.4, -0.2) is 19.5 Å². The maximum absolute atomic E-state index is 14.0. The molecule has 5 rings (SSSR count). The van der Waals surface area contributed by atoms with Crippen LogP contribution in [0.2, 0.25) is 0 Å². The summed E-state index contributed by atoms with van der Waals surface area (Å²) in [5.74, 6) is 1.63. The number of rotatable bonds is 6. The van der Waals surface area contributed by atoms with E-state index < -0.39 is 0 Å². The molecular formula is C33H38N2O3. The zero-order valence-corrected chi connectivity index (χ0v) is 23.1. The minimum absolute atomic E-state index is 0.0936. The van der Waals surface area contributed by atoms with Gasteiger partial charge in [0.1, 0.15) is 0 Å². The second-order valence-electron chi connectivity index (χ2n) is 11.3. The first-order chi connectivity index (χ1) is 18.3. The third-order valence-electron chi connectivity index (χ3n) is 7.55. The van der Waals surface area contributed by atoms with Gasteiger partial charge < -0.3 is 20.1 Å². The van der Waals surface area contributed by atoms with Gasteiger partial charge in [-0.15, -0.1) is 0 Å². The predicted octanol–water partition coefficient (Wildman–Crippen LogP) is 7.76. The van der Waals surface area contributed by atoms with Crippen molar-refractivity contribution in [2.24, 2.45) is 0 Å². The summed E-state index contributed by atoms with van der Waals surface area (Å²) in [5.41, 5.74) is 7.17. The number of Topliss-reactive ketones (excluding diaryl/α,β-unsaturated/α-hetero) is 1. The van der Waals surface area contributed by atoms with E-state index in [0.29, 0.717) is 24.5 Å². The first-order valence-corrected chi connectivity index (χ1v) is 13.6. The first kappa shape index (κ1) is 25.9. The molecule has 0 aromatic heterocycles. The molecule has 3 aromatic rings. The van der Waals surface area contributed by atoms with Crippen molar-refractivity contribution in [3.05, 3.63) is 94.7 Å². The van der Waals surface area contributed by atoms with Crippen molar-refractivity contribution in [2.75, 3.05) is 24.4 Å². The maximum Gasteiger partial charge on any atom is 0.166 e. The van der Waals surface area contributed by atoms with Gasteiger partial charge in [0, 0.05) is 23.3 Å². The highest BCUT2D eigenvalue weighted by Gasteiger charge is 2.37. The Morgan fingerprint density at radius 1 is 0.921 bits per heavy atom. The second kappa shape index (κ2) is 10.6. The quantitative estimate of drug-likeness (QED) is 0.355. The third-order valence-corrected chi connectivity index (χ3v) is 7.55. The predicted molar refractivity (Wildman–Crippen MR) is 154 cm³/mol. The molecule has 0 saturated carbocycles. The fourth-order valence-corrected chi connectivity index (χ4v) is 5.50. The second-order valence-corrected chi connectivity index (χ2v) is 11.3. The van der Waals surface area contributed by atoms with Crippen LogP contribution in [0.3, 0.4) is 0 Å². The summed E-state index contributed by atoms with van der Waals surface area (Å²) in [7, 11) is 1.65. The van der Waals surface area contributed by atoms with Gasteiger partial charge in [0.05, 0.1) is 31.1 Å². The van der Waals surface area contributed by atoms with Crippen molar-refractivity contribution in [1.82, 2.24) is 0 Å². The van der Waals surface area contributed by atoms with Crippen molar-refractivity contribution in [3.63, 3.8) is 0 Å². The molecule has 5 heteroatoms. The monoisotopic (exact) mass is 510 g/mol. The van der Waals surface area contributed by atoms with E-state index in [9.17, 15) is 4.79 Å². The molecular weight excluding hydrogens is 472 g/mol. The number of methoxy groups -OCH3 is 1. The number of fused-ring (bicyclic) bond motifs is 1. The summed E-state index contributed by atoms with van der Waals surface area (Å²) in [6.07, 6.45) is 2.11. The van der Waals surface area contributed by atoms with E-state index in [4.69, 9.17) is 9.47 Å². The minimum Gasteiger partial charge on any atom is -0.493 e. The van der Waals surface area contributed by atoms with Gasteiger partial charge >= 0.3 is 0 Å². The van der Waals surface area contributed by atoms with E-state index >= 15 is 0 Å². The molecule has 3 aromatic carbocycles. The summed E-state index contributed by atoms with van der Waals surface area (Å²) >= 11 is 0. The fourth-order valence-electron chi connectivity index (χ4n) is 5.50. The minimum atomic E-state index is -0.361. The van der Waals surface area contributed by atoms with E-state index in [2.05, 4.69) is 68.7 Å². The van der Waals surface area contributed by atoms with Crippen LogP contribution < -0.4 is 20.1 Å². The van der Waals surface area contributed by atoms with E-state index in [1.54, 1.807) is 7.11 Å². The Hall–Kier alpha value is -3.73. The summed E-state index contributed by atoms with van der Waals surface area (Å²) in [5, 5.41) is 7.32. The Balaban J connectivity index is 1.59. The van der Waals surface area contributed by atoms with Crippen LogP contribution >= 0.6 is 0 Å². The molecule has 1 aliphatic heterocycles. The third kappa shape index (κ3) is 5.02. The van der Waals surface area contributed by atoms with E-state index in [1.807, 2.05) is 36.4 Å². The number of carbonyl (C=O) groups excluding carboxylic acids is 1. The van der Waals surface area contributed by atoms with Gasteiger partial charge in [-0.1, -0.05) is 76.2 Å². The van der Waals surface area contributed by atoms with Gasteiger partial charge in [-0.25, -0.2) is 0 Å². The van der Waals surface area contributed by atoms with Gasteiger partial charge in [0.15, 0.2) is 17.3 Å². The van der Waals surface area contributed by atoms with Crippen LogP contribution in [0.15, 0.2) is 78.0 Å². The molecule has 2 aliphatic rings. The molecule has 5 nitrogen and oxygen atoms in total. The Labute approximate surface area is 226 Å². The molecule has 2 N–H and O–H groups in total. The Bertz CT molecular complexity index is 1350. The molecule has 0 radical (unpaired) electrons. The van der Waals surface area contributed by atoms with Crippen LogP contribution in [0, 0.1) is 0 Å². The number of hydrogen-bond acceptors (Lipinski definition) is 5. The van der Waals surface area contributed by atoms with E-state index in [-0.39, 0.29) is 23.2 Å². The topological polar surface area (TPSA) is 59.6 Å². The molecule has 0 spiro atoms. The maximum atomic E-state index is 14.0. The van der Waals surface area contributed by atoms with Crippen molar-refractivity contribution in [1.29, 1.82) is 0 Å². The van der Waals surface area contributed by atoms with E-state index in [1.165, 1.54) is 11.1 Å². The van der Waals surface area contributed by atoms with Crippen molar-refractivity contribution < 1.29 is 14.3 Å². The average molecular weight is 511 g/mol. The smallest absolute Gasteiger partial charge is 0.166 e. The highest BCUT2D eigenvalue weighted by atomic mass is 16.5. The van der Waals surface area contributed by atoms with Crippen LogP contribution in [-0.2, 0) is 10.2 Å². The lowest BCUT2D eigenvalue weighted by Gasteiger charge is -2.31. The summed E-state index contributed by atoms with van der Waals surface area (Å²) in [4.78, 5) is 14.0. The van der Waals surface area contributed by atoms with Gasteiger partial charge in [-0.3, -0.25) is 4.79 Å². The molecule has 198 valence electrons. The largest absolute Gasteiger partial charge is 0.493 e. The molecule has 0 bridgehead atoms. The molecule has 0 fully saturated rings. The molecule has 0 saturated heterocycles. The molecule has 1 aliphatic carbocycles. The van der Waals surface area contributed by atoms with Crippen molar-refractivity contribution in [2.45, 2.75) is 64.3 Å². The molecule has 2 unspecified atom stereocenters. The number of allylic oxidation sites excluding steroid dienone is 1. The Morgan fingerprint density at radius 2 is 1.66 bits per heavy atom. The number of ether oxygens (including phenoxy) is 2. The van der Waals surface area contributed by atoms with E-state index in [0.717, 1.165) is 41.1 Å². The Kier molecular flexibility index (Phi) is 7.20. The molecule has 38 heavy (non-hydrogen) atoms. The highest BCUT2D eigenvalue weighted by Crippen LogP contribution is 2.47. The lowest BCUT2D eigenvalue weighted by molar-refractivity contribution is -0.116. The molecule has 1 heterocycles. The number of anilines is 2. The van der Waals surface area contributed by atoms with Gasteiger partial charge in [0.25, 0.3) is 0 Å². The number of benzene rings is 3. The zero-order chi connectivity index (χ0) is 26.9. The summed E-state index contributed by atoms with van der Waals surface area (Å²) in [6.45, 7) is 9.32. The van der Waals surface area contributed by atoms with Crippen LogP contribution in [0.25, 0.3) is 0 Å². The zero-order valence-electron chi connectivity index (χ0n) is 23.1. The SMILES string of the molecule is CCCOc1c(OC)cccc1C1Nc2ccccc2NC2=C1C(=O)CC(c1ccc(C(C)(C)C)cc1)C2. The standard InChI is InChI=1S/C33H38N2O3/c1-6-18-38-32-24(10-9-13-29(32)37-5)31-30-27(34-25-11-7-8-12-26(25)35-31)19-22(20-28(30)36)21-14-16-23(17-15-21)33(2,3)4/h7-17,22,31,34-35H,6,18-20H2,1-5H3. The van der Waals surface area contributed by atoms with Crippen LogP contribution in [0.1, 0.15) is 75.6 Å². The average Bonchev–Trinajstić information content (AvgIpc) is 3.08. The molecule has 0 amide bonds. The fraction of sp³-hybridized carbons (Fsp3) is 0.364. The lowest BCUT2D eigenvalue weighted by Crippen LogP contribution is -2.27. The molecule has 2 atom stereocenters. The number of nitrogens with one attached hydrogen (secondary N) is 2. The lowest BCUT2D eigenvalue weighted by atomic mass is 9.77. The first-order valence-electron chi connectivity index (χ1n) is 13.6. The van der Waals surface area contributed by atoms with Crippen molar-refractivity contribution in [3.8, 4) is 11.5 Å². The Morgan fingerprint density at radius 3 is 2.34 bits per heavy atom. The van der Waals surface area contributed by atoms with Crippen LogP contribution in [0.5, 0.6) is 11.5 Å².